The van der Waals surface area contributed by atoms with E-state index in [0.29, 0.717) is 17.7 Å². The van der Waals surface area contributed by atoms with Gasteiger partial charge in [0.05, 0.1) is 18.5 Å². The minimum absolute atomic E-state index is 0.0602. The van der Waals surface area contributed by atoms with E-state index in [1.165, 1.54) is 36.4 Å². The Kier molecular flexibility index (Phi) is 6.97. The van der Waals surface area contributed by atoms with Gasteiger partial charge in [0.1, 0.15) is 17.6 Å². The number of nitriles is 1. The van der Waals surface area contributed by atoms with Gasteiger partial charge in [-0.2, -0.15) is 10.4 Å². The highest BCUT2D eigenvalue weighted by molar-refractivity contribution is 5.93. The minimum Gasteiger partial charge on any atom is -0.481 e. The van der Waals surface area contributed by atoms with Gasteiger partial charge < -0.3 is 9.84 Å². The molecule has 0 unspecified atom stereocenters. The van der Waals surface area contributed by atoms with Gasteiger partial charge in [-0.1, -0.05) is 40.9 Å². The molecule has 3 aromatic carbocycles. The number of carbonyl (C=O) groups is 2. The van der Waals surface area contributed by atoms with Crippen molar-refractivity contribution < 1.29 is 23.9 Å². The quantitative estimate of drug-likeness (QED) is 0.542. The lowest BCUT2D eigenvalue weighted by molar-refractivity contribution is -0.136. The number of ether oxygens (including phenoxy) is 1. The second-order valence-electron chi connectivity index (χ2n) is 6.77. The van der Waals surface area contributed by atoms with Crippen molar-refractivity contribution in [3.63, 3.8) is 0 Å². The van der Waals surface area contributed by atoms with Gasteiger partial charge >= 0.3 is 5.97 Å². The molecular weight excluding hydrogens is 399 g/mol. The number of carbonyl (C=O) groups excluding carboxylic acids is 1. The van der Waals surface area contributed by atoms with Crippen molar-refractivity contribution in [3.05, 3.63) is 95.1 Å². The summed E-state index contributed by atoms with van der Waals surface area (Å²) in [4.78, 5) is 23.1. The van der Waals surface area contributed by atoms with Gasteiger partial charge in [-0.3, -0.25) is 9.59 Å². The molecule has 6 nitrogen and oxygen atoms in total. The topological polar surface area (TPSA) is 90.6 Å². The number of carboxylic acid groups (broad SMARTS) is 1. The zero-order chi connectivity index (χ0) is 22.2. The van der Waals surface area contributed by atoms with Crippen LogP contribution in [0.15, 0.2) is 72.8 Å². The van der Waals surface area contributed by atoms with Gasteiger partial charge in [-0.05, 0) is 53.9 Å². The third kappa shape index (κ3) is 5.90. The molecule has 156 valence electrons. The molecule has 1 amide bonds. The lowest BCUT2D eigenvalue weighted by Gasteiger charge is -2.13. The number of rotatable bonds is 8. The Morgan fingerprint density at radius 1 is 1.00 bits per heavy atom. The molecule has 0 atom stereocenters. The summed E-state index contributed by atoms with van der Waals surface area (Å²) in [5.74, 6) is -1.14. The van der Waals surface area contributed by atoms with Gasteiger partial charge in [-0.25, -0.2) is 0 Å². The summed E-state index contributed by atoms with van der Waals surface area (Å²) in [6.45, 7) is -0.0602. The van der Waals surface area contributed by atoms with E-state index in [0.717, 1.165) is 5.56 Å². The number of halogens is 1. The largest absolute Gasteiger partial charge is 0.481 e. The van der Waals surface area contributed by atoms with E-state index in [1.807, 2.05) is 36.4 Å². The summed E-state index contributed by atoms with van der Waals surface area (Å²) in [5, 5.41) is 18.3. The summed E-state index contributed by atoms with van der Waals surface area (Å²) in [6.07, 6.45) is 0.203. The lowest BCUT2D eigenvalue weighted by atomic mass is 10.1. The summed E-state index contributed by atoms with van der Waals surface area (Å²) < 4.78 is 19.9. The van der Waals surface area contributed by atoms with Crippen LogP contribution in [-0.2, 0) is 17.6 Å². The maximum atomic E-state index is 14.2. The molecule has 0 aliphatic rings. The minimum atomic E-state index is -0.997. The van der Waals surface area contributed by atoms with Gasteiger partial charge in [-0.15, -0.1) is 0 Å². The van der Waals surface area contributed by atoms with Crippen molar-refractivity contribution >= 4 is 11.9 Å². The fourth-order valence-corrected chi connectivity index (χ4v) is 2.94. The van der Waals surface area contributed by atoms with E-state index in [2.05, 4.69) is 0 Å². The molecule has 7 heteroatoms. The Balaban J connectivity index is 1.64. The number of hydrogen-bond acceptors (Lipinski definition) is 4. The average Bonchev–Trinajstić information content (AvgIpc) is 2.78. The van der Waals surface area contributed by atoms with E-state index in [-0.39, 0.29) is 35.0 Å². The molecule has 0 heterocycles. The highest BCUT2D eigenvalue weighted by Gasteiger charge is 2.16. The second-order valence-corrected chi connectivity index (χ2v) is 6.77. The van der Waals surface area contributed by atoms with Crippen LogP contribution in [0.3, 0.4) is 0 Å². The van der Waals surface area contributed by atoms with Crippen LogP contribution in [0, 0.1) is 11.3 Å². The Morgan fingerprint density at radius 3 is 2.35 bits per heavy atom. The molecule has 0 saturated carbocycles. The zero-order valence-electron chi connectivity index (χ0n) is 16.5. The van der Waals surface area contributed by atoms with Crippen LogP contribution in [0.5, 0.6) is 11.5 Å². The highest BCUT2D eigenvalue weighted by atomic mass is 19.2. The Bertz CT molecular complexity index is 1110. The van der Waals surface area contributed by atoms with E-state index in [1.54, 1.807) is 6.07 Å². The van der Waals surface area contributed by atoms with Gasteiger partial charge in [0.25, 0.3) is 5.91 Å². The van der Waals surface area contributed by atoms with Crippen LogP contribution in [0.4, 0.5) is 4.48 Å². The number of nitrogens with zero attached hydrogens (tertiary/aromatic N) is 2. The van der Waals surface area contributed by atoms with Crippen molar-refractivity contribution in [2.24, 2.45) is 0 Å². The fraction of sp³-hybridized carbons (Fsp3) is 0.125. The monoisotopic (exact) mass is 418 g/mol. The van der Waals surface area contributed by atoms with Crippen LogP contribution < -0.4 is 4.74 Å². The first-order valence-electron chi connectivity index (χ1n) is 9.50. The van der Waals surface area contributed by atoms with E-state index < -0.39 is 11.9 Å². The first-order chi connectivity index (χ1) is 15.0. The number of carboxylic acids is 1. The fourth-order valence-electron chi connectivity index (χ4n) is 2.94. The summed E-state index contributed by atoms with van der Waals surface area (Å²) in [7, 11) is 0. The van der Waals surface area contributed by atoms with Crippen molar-refractivity contribution in [2.75, 3.05) is 6.54 Å². The van der Waals surface area contributed by atoms with E-state index in [4.69, 9.17) is 9.84 Å². The molecule has 3 aromatic rings. The normalized spacial score (nSPS) is 10.2. The van der Waals surface area contributed by atoms with Gasteiger partial charge in [0.15, 0.2) is 0 Å². The van der Waals surface area contributed by atoms with Gasteiger partial charge in [0, 0.05) is 5.56 Å². The number of amides is 1. The third-order valence-corrected chi connectivity index (χ3v) is 4.51. The molecule has 3 rings (SSSR count). The predicted octanol–water partition coefficient (Wildman–Crippen LogP) is 4.55. The second kappa shape index (κ2) is 10.0. The zero-order valence-corrected chi connectivity index (χ0v) is 16.5. The van der Waals surface area contributed by atoms with Crippen LogP contribution in [0.1, 0.15) is 27.0 Å². The lowest BCUT2D eigenvalue weighted by Crippen LogP contribution is -2.25. The van der Waals surface area contributed by atoms with Crippen molar-refractivity contribution in [1.82, 2.24) is 5.12 Å². The summed E-state index contributed by atoms with van der Waals surface area (Å²) in [5.41, 5.74) is 1.77. The molecule has 0 aliphatic heterocycles. The van der Waals surface area contributed by atoms with E-state index in [9.17, 15) is 19.3 Å². The molecule has 0 aromatic heterocycles. The predicted molar refractivity (Wildman–Crippen MR) is 111 cm³/mol. The van der Waals surface area contributed by atoms with Crippen molar-refractivity contribution in [2.45, 2.75) is 12.8 Å². The van der Waals surface area contributed by atoms with Crippen molar-refractivity contribution in [1.29, 1.82) is 5.26 Å². The Hall–Kier alpha value is -4.18. The molecule has 0 radical (unpaired) electrons. The first kappa shape index (κ1) is 21.5. The molecular formula is C24H19FN2O4. The smallest absolute Gasteiger partial charge is 0.307 e. The number of benzene rings is 3. The molecule has 0 fully saturated rings. The summed E-state index contributed by atoms with van der Waals surface area (Å²) >= 11 is 0. The molecule has 0 saturated heterocycles. The third-order valence-electron chi connectivity index (χ3n) is 4.51. The maximum Gasteiger partial charge on any atom is 0.307 e. The molecule has 0 spiro atoms. The standard InChI is InChI=1S/C24H19FN2O4/c25-27(13-12-17-4-2-1-3-5-17)24(30)19-7-9-21(10-8-19)31-22-11-6-18(15-23(28)29)14-20(22)16-26/h1-11,14H,12-13,15H2,(H,28,29). The summed E-state index contributed by atoms with van der Waals surface area (Å²) in [6, 6.07) is 21.7. The Labute approximate surface area is 178 Å². The number of hydrogen-bond donors (Lipinski definition) is 1. The maximum absolute atomic E-state index is 14.2. The Morgan fingerprint density at radius 2 is 1.71 bits per heavy atom. The molecule has 0 bridgehead atoms. The van der Waals surface area contributed by atoms with Crippen LogP contribution >= 0.6 is 0 Å². The number of aliphatic carboxylic acids is 1. The van der Waals surface area contributed by atoms with Crippen LogP contribution in [0.25, 0.3) is 0 Å². The van der Waals surface area contributed by atoms with Crippen LogP contribution in [0.2, 0.25) is 0 Å². The average molecular weight is 418 g/mol. The first-order valence-corrected chi connectivity index (χ1v) is 9.50. The highest BCUT2D eigenvalue weighted by Crippen LogP contribution is 2.26. The van der Waals surface area contributed by atoms with Crippen molar-refractivity contribution in [3.8, 4) is 17.6 Å². The molecule has 31 heavy (non-hydrogen) atoms. The molecule has 1 N–H and O–H groups in total. The van der Waals surface area contributed by atoms with Gasteiger partial charge in [0.2, 0.25) is 0 Å². The molecule has 0 aliphatic carbocycles. The SMILES string of the molecule is N#Cc1cc(CC(=O)O)ccc1Oc1ccc(C(=O)N(F)CCc2ccccc2)cc1. The van der Waals surface area contributed by atoms with E-state index >= 15 is 0 Å². The van der Waals surface area contributed by atoms with Crippen LogP contribution in [-0.4, -0.2) is 28.6 Å².